The average molecular weight is 226 g/mol. The molecule has 0 radical (unpaired) electrons. The second-order valence-corrected chi connectivity index (χ2v) is 4.96. The Balaban J connectivity index is 1.91. The first-order valence-electron chi connectivity index (χ1n) is 6.42. The maximum atomic E-state index is 12.2. The van der Waals surface area contributed by atoms with Gasteiger partial charge in [0.05, 0.1) is 12.1 Å². The van der Waals surface area contributed by atoms with Gasteiger partial charge in [-0.3, -0.25) is 4.79 Å². The minimum Gasteiger partial charge on any atom is -0.393 e. The van der Waals surface area contributed by atoms with Crippen molar-refractivity contribution in [3.63, 3.8) is 0 Å². The van der Waals surface area contributed by atoms with Crippen LogP contribution in [0.15, 0.2) is 0 Å². The lowest BCUT2D eigenvalue weighted by atomic mass is 9.92. The first-order chi connectivity index (χ1) is 7.72. The third-order valence-electron chi connectivity index (χ3n) is 3.89. The highest BCUT2D eigenvalue weighted by molar-refractivity contribution is 5.82. The number of likely N-dealkylation sites (tertiary alicyclic amines) is 1. The molecule has 0 aromatic rings. The molecule has 2 unspecified atom stereocenters. The predicted octanol–water partition coefficient (Wildman–Crippen LogP) is 0.358. The van der Waals surface area contributed by atoms with E-state index in [-0.39, 0.29) is 24.0 Å². The standard InChI is InChI=1S/C12H22N2O2/c1-2-9-8-14(7-5-11(9)15)12(16)10-4-3-6-13-10/h9-11,13,15H,2-8H2,1H3/t9?,10-,11?/m0/s1. The van der Waals surface area contributed by atoms with E-state index in [2.05, 4.69) is 12.2 Å². The Morgan fingerprint density at radius 1 is 1.50 bits per heavy atom. The molecule has 2 saturated heterocycles. The summed E-state index contributed by atoms with van der Waals surface area (Å²) in [7, 11) is 0. The number of rotatable bonds is 2. The Kier molecular flexibility index (Phi) is 3.82. The van der Waals surface area contributed by atoms with Gasteiger partial charge in [0, 0.05) is 19.0 Å². The zero-order valence-corrected chi connectivity index (χ0v) is 9.98. The van der Waals surface area contributed by atoms with E-state index in [1.165, 1.54) is 0 Å². The Morgan fingerprint density at radius 3 is 2.94 bits per heavy atom. The maximum absolute atomic E-state index is 12.2. The first-order valence-corrected chi connectivity index (χ1v) is 6.42. The molecule has 4 heteroatoms. The van der Waals surface area contributed by atoms with E-state index >= 15 is 0 Å². The summed E-state index contributed by atoms with van der Waals surface area (Å²) in [6.07, 6.45) is 3.53. The van der Waals surface area contributed by atoms with Gasteiger partial charge in [-0.05, 0) is 32.2 Å². The van der Waals surface area contributed by atoms with E-state index in [0.29, 0.717) is 6.54 Å². The third kappa shape index (κ3) is 2.38. The summed E-state index contributed by atoms with van der Waals surface area (Å²) in [6.45, 7) is 4.49. The van der Waals surface area contributed by atoms with Crippen LogP contribution >= 0.6 is 0 Å². The van der Waals surface area contributed by atoms with E-state index < -0.39 is 0 Å². The van der Waals surface area contributed by atoms with Gasteiger partial charge in [-0.15, -0.1) is 0 Å². The summed E-state index contributed by atoms with van der Waals surface area (Å²) < 4.78 is 0. The highest BCUT2D eigenvalue weighted by Gasteiger charge is 2.33. The SMILES string of the molecule is CCC1CN(C(=O)[C@@H]2CCCN2)CCC1O. The van der Waals surface area contributed by atoms with Crippen LogP contribution < -0.4 is 5.32 Å². The van der Waals surface area contributed by atoms with Gasteiger partial charge in [0.15, 0.2) is 0 Å². The zero-order chi connectivity index (χ0) is 11.5. The van der Waals surface area contributed by atoms with Crippen LogP contribution in [0, 0.1) is 5.92 Å². The van der Waals surface area contributed by atoms with Crippen molar-refractivity contribution in [3.8, 4) is 0 Å². The molecule has 2 aliphatic heterocycles. The Labute approximate surface area is 97.0 Å². The molecule has 0 aromatic heterocycles. The zero-order valence-electron chi connectivity index (χ0n) is 9.98. The van der Waals surface area contributed by atoms with E-state index in [0.717, 1.165) is 38.8 Å². The fraction of sp³-hybridized carbons (Fsp3) is 0.917. The minimum atomic E-state index is -0.217. The number of carbonyl (C=O) groups is 1. The smallest absolute Gasteiger partial charge is 0.239 e. The summed E-state index contributed by atoms with van der Waals surface area (Å²) in [6, 6.07) is 0.0350. The van der Waals surface area contributed by atoms with Crippen molar-refractivity contribution >= 4 is 5.91 Å². The molecule has 1 amide bonds. The van der Waals surface area contributed by atoms with Crippen LogP contribution in [0.5, 0.6) is 0 Å². The van der Waals surface area contributed by atoms with Crippen molar-refractivity contribution < 1.29 is 9.90 Å². The van der Waals surface area contributed by atoms with Gasteiger partial charge in [0.2, 0.25) is 5.91 Å². The van der Waals surface area contributed by atoms with E-state index in [1.54, 1.807) is 0 Å². The molecule has 2 N–H and O–H groups in total. The average Bonchev–Trinajstić information content (AvgIpc) is 2.82. The quantitative estimate of drug-likeness (QED) is 0.715. The molecular formula is C12H22N2O2. The molecule has 0 saturated carbocycles. The molecule has 92 valence electrons. The number of amides is 1. The molecule has 2 rings (SSSR count). The highest BCUT2D eigenvalue weighted by Crippen LogP contribution is 2.21. The molecule has 16 heavy (non-hydrogen) atoms. The predicted molar refractivity (Wildman–Crippen MR) is 62.0 cm³/mol. The topological polar surface area (TPSA) is 52.6 Å². The van der Waals surface area contributed by atoms with Crippen molar-refractivity contribution in [1.29, 1.82) is 0 Å². The molecule has 2 aliphatic rings. The number of hydrogen-bond donors (Lipinski definition) is 2. The summed E-state index contributed by atoms with van der Waals surface area (Å²) in [5, 5.41) is 13.0. The van der Waals surface area contributed by atoms with Gasteiger partial charge in [-0.2, -0.15) is 0 Å². The van der Waals surface area contributed by atoms with Crippen LogP contribution in [0.1, 0.15) is 32.6 Å². The summed E-state index contributed by atoms with van der Waals surface area (Å²) in [4.78, 5) is 14.1. The molecule has 3 atom stereocenters. The number of aliphatic hydroxyl groups is 1. The van der Waals surface area contributed by atoms with Crippen molar-refractivity contribution in [2.75, 3.05) is 19.6 Å². The van der Waals surface area contributed by atoms with Crippen LogP contribution in [0.3, 0.4) is 0 Å². The number of hydrogen-bond acceptors (Lipinski definition) is 3. The first kappa shape index (κ1) is 11.9. The normalized spacial score (nSPS) is 35.4. The lowest BCUT2D eigenvalue weighted by Crippen LogP contribution is -2.51. The van der Waals surface area contributed by atoms with Crippen LogP contribution in [-0.2, 0) is 4.79 Å². The number of aliphatic hydroxyl groups excluding tert-OH is 1. The van der Waals surface area contributed by atoms with Crippen LogP contribution in [0.4, 0.5) is 0 Å². The summed E-state index contributed by atoms with van der Waals surface area (Å²) in [5.74, 6) is 0.502. The third-order valence-corrected chi connectivity index (χ3v) is 3.89. The number of nitrogens with one attached hydrogen (secondary N) is 1. The molecule has 0 bridgehead atoms. The molecular weight excluding hydrogens is 204 g/mol. The molecule has 0 aliphatic carbocycles. The lowest BCUT2D eigenvalue weighted by molar-refractivity contribution is -0.136. The fourth-order valence-corrected chi connectivity index (χ4v) is 2.74. The van der Waals surface area contributed by atoms with Gasteiger partial charge in [-0.25, -0.2) is 0 Å². The summed E-state index contributed by atoms with van der Waals surface area (Å²) >= 11 is 0. The van der Waals surface area contributed by atoms with Crippen LogP contribution in [0.2, 0.25) is 0 Å². The Bertz CT molecular complexity index is 251. The Hall–Kier alpha value is -0.610. The molecule has 0 aromatic carbocycles. The van der Waals surface area contributed by atoms with Gasteiger partial charge >= 0.3 is 0 Å². The van der Waals surface area contributed by atoms with Crippen molar-refractivity contribution in [2.45, 2.75) is 44.8 Å². The van der Waals surface area contributed by atoms with E-state index in [9.17, 15) is 9.90 Å². The van der Waals surface area contributed by atoms with Gasteiger partial charge in [0.1, 0.15) is 0 Å². The fourth-order valence-electron chi connectivity index (χ4n) is 2.74. The van der Waals surface area contributed by atoms with Gasteiger partial charge in [-0.1, -0.05) is 6.92 Å². The van der Waals surface area contributed by atoms with Crippen molar-refractivity contribution in [2.24, 2.45) is 5.92 Å². The minimum absolute atomic E-state index is 0.0350. The van der Waals surface area contributed by atoms with E-state index in [4.69, 9.17) is 0 Å². The summed E-state index contributed by atoms with van der Waals surface area (Å²) in [5.41, 5.74) is 0. The van der Waals surface area contributed by atoms with Crippen LogP contribution in [0.25, 0.3) is 0 Å². The van der Waals surface area contributed by atoms with Crippen molar-refractivity contribution in [3.05, 3.63) is 0 Å². The second-order valence-electron chi connectivity index (χ2n) is 4.96. The van der Waals surface area contributed by atoms with E-state index in [1.807, 2.05) is 4.90 Å². The second kappa shape index (κ2) is 5.15. The highest BCUT2D eigenvalue weighted by atomic mass is 16.3. The largest absolute Gasteiger partial charge is 0.393 e. The molecule has 2 fully saturated rings. The van der Waals surface area contributed by atoms with Crippen LogP contribution in [-0.4, -0.2) is 47.7 Å². The Morgan fingerprint density at radius 2 is 2.31 bits per heavy atom. The number of nitrogens with zero attached hydrogens (tertiary/aromatic N) is 1. The van der Waals surface area contributed by atoms with Crippen molar-refractivity contribution in [1.82, 2.24) is 10.2 Å². The molecule has 4 nitrogen and oxygen atoms in total. The molecule has 0 spiro atoms. The lowest BCUT2D eigenvalue weighted by Gasteiger charge is -2.37. The maximum Gasteiger partial charge on any atom is 0.239 e. The monoisotopic (exact) mass is 226 g/mol. The van der Waals surface area contributed by atoms with Gasteiger partial charge < -0.3 is 15.3 Å². The number of piperidine rings is 1. The number of carbonyl (C=O) groups excluding carboxylic acids is 1. The molecule has 2 heterocycles. The van der Waals surface area contributed by atoms with Gasteiger partial charge in [0.25, 0.3) is 0 Å².